The molecule has 5 rings (SSSR count). The number of hydrogen-bond donors (Lipinski definition) is 1. The quantitative estimate of drug-likeness (QED) is 0.458. The predicted molar refractivity (Wildman–Crippen MR) is 137 cm³/mol. The Balaban J connectivity index is 1.55. The van der Waals surface area contributed by atoms with Crippen molar-refractivity contribution >= 4 is 6.03 Å². The fourth-order valence-electron chi connectivity index (χ4n) is 5.71. The molecule has 3 aliphatic carbocycles. The van der Waals surface area contributed by atoms with Crippen molar-refractivity contribution < 1.29 is 4.79 Å². The lowest BCUT2D eigenvalue weighted by molar-refractivity contribution is -0.00972. The first-order valence-corrected chi connectivity index (χ1v) is 12.5. The molecule has 2 bridgehead atoms. The van der Waals surface area contributed by atoms with Gasteiger partial charge in [-0.05, 0) is 68.4 Å². The van der Waals surface area contributed by atoms with E-state index in [1.807, 2.05) is 0 Å². The average Bonchev–Trinajstić information content (AvgIpc) is 2.78. The number of nitrogens with zero attached hydrogens (tertiary/aromatic N) is 1. The Hall–Kier alpha value is -2.55. The maximum absolute atomic E-state index is 13.4. The number of allylic oxidation sites excluding steroid dienone is 1. The minimum atomic E-state index is -0.255. The van der Waals surface area contributed by atoms with Gasteiger partial charge in [0.2, 0.25) is 0 Å². The molecule has 2 unspecified atom stereocenters. The van der Waals surface area contributed by atoms with Crippen molar-refractivity contribution in [1.82, 2.24) is 10.2 Å². The molecule has 0 aliphatic heterocycles. The van der Waals surface area contributed by atoms with Crippen LogP contribution < -0.4 is 5.32 Å². The first kappa shape index (κ1) is 23.6. The van der Waals surface area contributed by atoms with Crippen molar-refractivity contribution in [2.24, 2.45) is 17.3 Å². The average molecular weight is 445 g/mol. The fraction of sp³-hybridized carbons (Fsp3) is 0.500. The van der Waals surface area contributed by atoms with Crippen LogP contribution in [0.15, 0.2) is 72.3 Å². The highest BCUT2D eigenvalue weighted by Gasteiger charge is 2.51. The standard InChI is InChI=1S/C30H40N2O/c1-29(2,3)31-28(33)32(21-24-16-17-25-20-27(24)30(25,4)5)19-18-26(22-12-8-6-9-13-22)23-14-10-7-11-15-23/h6-16,25-27H,17-21H2,1-5H3,(H,31,33). The largest absolute Gasteiger partial charge is 0.333 e. The lowest BCUT2D eigenvalue weighted by atomic mass is 9.49. The van der Waals surface area contributed by atoms with E-state index in [0.29, 0.717) is 11.3 Å². The summed E-state index contributed by atoms with van der Waals surface area (Å²) in [4.78, 5) is 15.4. The van der Waals surface area contributed by atoms with Crippen LogP contribution in [0.1, 0.15) is 70.9 Å². The number of carbonyl (C=O) groups excluding carboxylic acids is 1. The molecule has 2 aromatic rings. The van der Waals surface area contributed by atoms with Crippen molar-refractivity contribution in [1.29, 1.82) is 0 Å². The van der Waals surface area contributed by atoms with Crippen LogP contribution >= 0.6 is 0 Å². The molecule has 2 aromatic carbocycles. The number of rotatable bonds is 7. The first-order chi connectivity index (χ1) is 15.6. The van der Waals surface area contributed by atoms with Crippen molar-refractivity contribution in [3.63, 3.8) is 0 Å². The lowest BCUT2D eigenvalue weighted by Crippen LogP contribution is -2.53. The molecule has 0 saturated heterocycles. The summed E-state index contributed by atoms with van der Waals surface area (Å²) in [6, 6.07) is 21.4. The normalized spacial score (nSPS) is 21.2. The highest BCUT2D eigenvalue weighted by molar-refractivity contribution is 5.75. The van der Waals surface area contributed by atoms with Gasteiger partial charge in [0.05, 0.1) is 0 Å². The van der Waals surface area contributed by atoms with Gasteiger partial charge in [-0.3, -0.25) is 0 Å². The van der Waals surface area contributed by atoms with Crippen LogP contribution in [0, 0.1) is 17.3 Å². The molecule has 3 nitrogen and oxygen atoms in total. The number of urea groups is 1. The topological polar surface area (TPSA) is 32.3 Å². The van der Waals surface area contributed by atoms with E-state index in [2.05, 4.69) is 112 Å². The molecule has 3 aliphatic rings. The maximum Gasteiger partial charge on any atom is 0.318 e. The molecule has 176 valence electrons. The van der Waals surface area contributed by atoms with Crippen molar-refractivity contribution in [2.45, 2.75) is 65.3 Å². The van der Waals surface area contributed by atoms with Crippen LogP contribution in [0.3, 0.4) is 0 Å². The number of amides is 2. The van der Waals surface area contributed by atoms with Crippen LogP contribution in [-0.4, -0.2) is 29.6 Å². The summed E-state index contributed by atoms with van der Waals surface area (Å²) >= 11 is 0. The smallest absolute Gasteiger partial charge is 0.318 e. The Morgan fingerprint density at radius 3 is 2.09 bits per heavy atom. The monoisotopic (exact) mass is 444 g/mol. The predicted octanol–water partition coefficient (Wildman–Crippen LogP) is 7.01. The number of nitrogens with one attached hydrogen (secondary N) is 1. The lowest BCUT2D eigenvalue weighted by Gasteiger charge is -2.57. The van der Waals surface area contributed by atoms with Crippen LogP contribution in [0.4, 0.5) is 4.79 Å². The van der Waals surface area contributed by atoms with Crippen molar-refractivity contribution in [2.75, 3.05) is 13.1 Å². The van der Waals surface area contributed by atoms with E-state index in [9.17, 15) is 4.79 Å². The van der Waals surface area contributed by atoms with Gasteiger partial charge in [-0.1, -0.05) is 86.2 Å². The molecule has 1 saturated carbocycles. The summed E-state index contributed by atoms with van der Waals surface area (Å²) in [5, 5.41) is 3.22. The highest BCUT2D eigenvalue weighted by atomic mass is 16.2. The Bertz CT molecular complexity index is 932. The molecular formula is C30H40N2O. The van der Waals surface area contributed by atoms with Gasteiger partial charge in [0, 0.05) is 24.5 Å². The third kappa shape index (κ3) is 5.34. The molecule has 1 fully saturated rings. The fourth-order valence-corrected chi connectivity index (χ4v) is 5.71. The third-order valence-corrected chi connectivity index (χ3v) is 7.82. The molecule has 0 heterocycles. The molecule has 33 heavy (non-hydrogen) atoms. The van der Waals surface area contributed by atoms with E-state index in [1.54, 1.807) is 0 Å². The second-order valence-corrected chi connectivity index (χ2v) is 11.6. The van der Waals surface area contributed by atoms with Gasteiger partial charge in [0.25, 0.3) is 0 Å². The first-order valence-electron chi connectivity index (χ1n) is 12.5. The van der Waals surface area contributed by atoms with E-state index in [4.69, 9.17) is 0 Å². The summed E-state index contributed by atoms with van der Waals surface area (Å²) in [7, 11) is 0. The van der Waals surface area contributed by atoms with Gasteiger partial charge in [-0.25, -0.2) is 4.79 Å². The zero-order chi connectivity index (χ0) is 23.6. The number of benzene rings is 2. The Kier molecular flexibility index (Phi) is 6.70. The minimum Gasteiger partial charge on any atom is -0.333 e. The van der Waals surface area contributed by atoms with Crippen molar-refractivity contribution in [3.8, 4) is 0 Å². The highest BCUT2D eigenvalue weighted by Crippen LogP contribution is 2.59. The Morgan fingerprint density at radius 1 is 1.03 bits per heavy atom. The van der Waals surface area contributed by atoms with Crippen LogP contribution in [-0.2, 0) is 0 Å². The number of fused-ring (bicyclic) bond motifs is 1. The van der Waals surface area contributed by atoms with Gasteiger partial charge >= 0.3 is 6.03 Å². The van der Waals surface area contributed by atoms with Gasteiger partial charge in [0.15, 0.2) is 0 Å². The van der Waals surface area contributed by atoms with E-state index >= 15 is 0 Å². The minimum absolute atomic E-state index is 0.0440. The maximum atomic E-state index is 13.4. The molecule has 3 heteroatoms. The summed E-state index contributed by atoms with van der Waals surface area (Å²) in [5.74, 6) is 1.69. The van der Waals surface area contributed by atoms with E-state index in [0.717, 1.165) is 31.8 Å². The van der Waals surface area contributed by atoms with E-state index in [1.165, 1.54) is 23.1 Å². The Morgan fingerprint density at radius 2 is 1.61 bits per heavy atom. The third-order valence-electron chi connectivity index (χ3n) is 7.82. The van der Waals surface area contributed by atoms with Gasteiger partial charge in [-0.2, -0.15) is 0 Å². The molecule has 2 amide bonds. The molecular weight excluding hydrogens is 404 g/mol. The van der Waals surface area contributed by atoms with Crippen molar-refractivity contribution in [3.05, 3.63) is 83.4 Å². The SMILES string of the molecule is CC(C)(C)NC(=O)N(CCC(c1ccccc1)c1ccccc1)CC1=CCC2CC1C2(C)C. The second-order valence-electron chi connectivity index (χ2n) is 11.6. The Labute approximate surface area is 200 Å². The summed E-state index contributed by atoms with van der Waals surface area (Å²) in [5.41, 5.74) is 4.18. The van der Waals surface area contributed by atoms with Crippen LogP contribution in [0.2, 0.25) is 0 Å². The van der Waals surface area contributed by atoms with Crippen LogP contribution in [0.5, 0.6) is 0 Å². The summed E-state index contributed by atoms with van der Waals surface area (Å²) in [6.07, 6.45) is 5.76. The van der Waals surface area contributed by atoms with Crippen LogP contribution in [0.25, 0.3) is 0 Å². The van der Waals surface area contributed by atoms with Gasteiger partial charge < -0.3 is 10.2 Å². The van der Waals surface area contributed by atoms with E-state index < -0.39 is 0 Å². The van der Waals surface area contributed by atoms with Gasteiger partial charge in [0.1, 0.15) is 0 Å². The van der Waals surface area contributed by atoms with Gasteiger partial charge in [-0.15, -0.1) is 0 Å². The summed E-state index contributed by atoms with van der Waals surface area (Å²) < 4.78 is 0. The molecule has 0 spiro atoms. The molecule has 0 aromatic heterocycles. The zero-order valence-electron chi connectivity index (χ0n) is 21.0. The number of carbonyl (C=O) groups is 1. The number of hydrogen-bond acceptors (Lipinski definition) is 1. The zero-order valence-corrected chi connectivity index (χ0v) is 21.0. The molecule has 0 radical (unpaired) electrons. The second kappa shape index (κ2) is 9.37. The van der Waals surface area contributed by atoms with E-state index in [-0.39, 0.29) is 17.5 Å². The molecule has 2 atom stereocenters. The summed E-state index contributed by atoms with van der Waals surface area (Å²) in [6.45, 7) is 12.4. The molecule has 1 N–H and O–H groups in total.